The molecule has 4 heteroatoms. The number of nitrogens with one attached hydrogen (secondary N) is 1. The maximum Gasteiger partial charge on any atom is 0.160 e. The molecule has 0 radical (unpaired) electrons. The molecule has 0 saturated carbocycles. The van der Waals surface area contributed by atoms with Crippen molar-refractivity contribution in [1.29, 1.82) is 0 Å². The predicted octanol–water partition coefficient (Wildman–Crippen LogP) is 6.87. The number of aromatic amines is 1. The van der Waals surface area contributed by atoms with Gasteiger partial charge in [-0.05, 0) is 41.7 Å². The van der Waals surface area contributed by atoms with E-state index in [0.29, 0.717) is 5.92 Å². The number of fused-ring (bicyclic) bond motifs is 1. The second-order valence-electron chi connectivity index (χ2n) is 7.87. The van der Waals surface area contributed by atoms with Crippen molar-refractivity contribution in [1.82, 2.24) is 19.9 Å². The Morgan fingerprint density at radius 3 is 2.45 bits per heavy atom. The summed E-state index contributed by atoms with van der Waals surface area (Å²) >= 11 is 0. The molecule has 0 bridgehead atoms. The summed E-state index contributed by atoms with van der Waals surface area (Å²) in [6.07, 6.45) is 4.82. The minimum absolute atomic E-state index is 0.568. The number of imidazole rings is 1. The Bertz CT molecular complexity index is 1320. The van der Waals surface area contributed by atoms with Crippen LogP contribution >= 0.6 is 0 Å². The van der Waals surface area contributed by atoms with Crippen LogP contribution in [0.4, 0.5) is 0 Å². The SMILES string of the molecule is CCC(C)c1ccc(-c2cnc(-c3cc(-c4ccccc4)nc4ncccc34)[nH]2)cc1. The smallest absolute Gasteiger partial charge is 0.160 e. The lowest BCUT2D eigenvalue weighted by Crippen LogP contribution is -1.93. The standard InChI is InChI=1S/C27H24N4/c1-3-18(2)19-11-13-21(14-12-19)25-17-29-27(31-25)23-16-24(20-8-5-4-6-9-20)30-26-22(23)10-7-15-28-26/h4-18H,3H2,1-2H3,(H,29,31). The lowest BCUT2D eigenvalue weighted by atomic mass is 9.97. The predicted molar refractivity (Wildman–Crippen MR) is 127 cm³/mol. The normalized spacial score (nSPS) is 12.2. The van der Waals surface area contributed by atoms with Gasteiger partial charge >= 0.3 is 0 Å². The third kappa shape index (κ3) is 3.73. The lowest BCUT2D eigenvalue weighted by Gasteiger charge is -2.09. The molecule has 4 nitrogen and oxygen atoms in total. The van der Waals surface area contributed by atoms with Crippen LogP contribution in [0.2, 0.25) is 0 Å². The van der Waals surface area contributed by atoms with E-state index in [1.54, 1.807) is 6.20 Å². The Morgan fingerprint density at radius 2 is 1.68 bits per heavy atom. The summed E-state index contributed by atoms with van der Waals surface area (Å²) in [5.74, 6) is 1.39. The summed E-state index contributed by atoms with van der Waals surface area (Å²) < 4.78 is 0. The number of H-pyrrole nitrogens is 1. The highest BCUT2D eigenvalue weighted by Gasteiger charge is 2.13. The van der Waals surface area contributed by atoms with Crippen molar-refractivity contribution in [2.75, 3.05) is 0 Å². The second-order valence-corrected chi connectivity index (χ2v) is 7.87. The molecule has 0 aliphatic carbocycles. The molecule has 0 aliphatic rings. The van der Waals surface area contributed by atoms with Crippen LogP contribution < -0.4 is 0 Å². The van der Waals surface area contributed by atoms with Gasteiger partial charge < -0.3 is 4.98 Å². The molecule has 1 unspecified atom stereocenters. The number of hydrogen-bond donors (Lipinski definition) is 1. The number of rotatable bonds is 5. The molecular formula is C27H24N4. The molecule has 0 fully saturated rings. The average molecular weight is 405 g/mol. The van der Waals surface area contributed by atoms with Crippen LogP contribution in [0.5, 0.6) is 0 Å². The van der Waals surface area contributed by atoms with E-state index in [1.165, 1.54) is 5.56 Å². The van der Waals surface area contributed by atoms with Crippen molar-refractivity contribution in [2.24, 2.45) is 0 Å². The molecule has 5 rings (SSSR count). The third-order valence-corrected chi connectivity index (χ3v) is 5.89. The minimum atomic E-state index is 0.568. The van der Waals surface area contributed by atoms with Crippen LogP contribution in [0.3, 0.4) is 0 Å². The fraction of sp³-hybridized carbons (Fsp3) is 0.148. The first-order valence-electron chi connectivity index (χ1n) is 10.7. The zero-order valence-corrected chi connectivity index (χ0v) is 17.7. The first-order valence-corrected chi connectivity index (χ1v) is 10.7. The van der Waals surface area contributed by atoms with Crippen molar-refractivity contribution in [2.45, 2.75) is 26.2 Å². The van der Waals surface area contributed by atoms with Crippen LogP contribution in [0.1, 0.15) is 31.7 Å². The van der Waals surface area contributed by atoms with Crippen molar-refractivity contribution in [3.8, 4) is 33.9 Å². The van der Waals surface area contributed by atoms with E-state index < -0.39 is 0 Å². The summed E-state index contributed by atoms with van der Waals surface area (Å²) in [4.78, 5) is 17.5. The van der Waals surface area contributed by atoms with E-state index in [-0.39, 0.29) is 0 Å². The number of aromatic nitrogens is 4. The molecule has 5 aromatic rings. The maximum atomic E-state index is 4.78. The van der Waals surface area contributed by atoms with Gasteiger partial charge in [-0.25, -0.2) is 15.0 Å². The van der Waals surface area contributed by atoms with Gasteiger partial charge in [0.15, 0.2) is 5.65 Å². The molecule has 1 atom stereocenters. The fourth-order valence-corrected chi connectivity index (χ4v) is 3.84. The molecule has 2 aromatic carbocycles. The Morgan fingerprint density at radius 1 is 0.871 bits per heavy atom. The topological polar surface area (TPSA) is 54.5 Å². The minimum Gasteiger partial charge on any atom is -0.338 e. The van der Waals surface area contributed by atoms with Crippen LogP contribution in [0.15, 0.2) is 85.2 Å². The van der Waals surface area contributed by atoms with E-state index in [4.69, 9.17) is 9.97 Å². The van der Waals surface area contributed by atoms with Gasteiger partial charge in [0.1, 0.15) is 5.82 Å². The van der Waals surface area contributed by atoms with Crippen molar-refractivity contribution >= 4 is 11.0 Å². The maximum absolute atomic E-state index is 4.78. The Balaban J connectivity index is 1.58. The average Bonchev–Trinajstić information content (AvgIpc) is 3.33. The summed E-state index contributed by atoms with van der Waals surface area (Å²) in [6.45, 7) is 4.48. The van der Waals surface area contributed by atoms with Gasteiger partial charge in [-0.3, -0.25) is 0 Å². The van der Waals surface area contributed by atoms with Gasteiger partial charge in [0.25, 0.3) is 0 Å². The number of nitrogens with zero attached hydrogens (tertiary/aromatic N) is 3. The monoisotopic (exact) mass is 404 g/mol. The van der Waals surface area contributed by atoms with Gasteiger partial charge in [0.2, 0.25) is 0 Å². The Hall–Kier alpha value is -3.79. The van der Waals surface area contributed by atoms with Crippen molar-refractivity contribution < 1.29 is 0 Å². The quantitative estimate of drug-likeness (QED) is 0.348. The molecular weight excluding hydrogens is 380 g/mol. The molecule has 31 heavy (non-hydrogen) atoms. The van der Waals surface area contributed by atoms with Crippen LogP contribution in [-0.4, -0.2) is 19.9 Å². The zero-order chi connectivity index (χ0) is 21.2. The lowest BCUT2D eigenvalue weighted by molar-refractivity contribution is 0.734. The first kappa shape index (κ1) is 19.2. The number of pyridine rings is 2. The van der Waals surface area contributed by atoms with Crippen LogP contribution in [-0.2, 0) is 0 Å². The van der Waals surface area contributed by atoms with E-state index in [0.717, 1.165) is 51.4 Å². The molecule has 0 amide bonds. The molecule has 3 aromatic heterocycles. The fourth-order valence-electron chi connectivity index (χ4n) is 3.84. The van der Waals surface area contributed by atoms with Crippen molar-refractivity contribution in [3.05, 3.63) is 90.8 Å². The number of hydrogen-bond acceptors (Lipinski definition) is 3. The summed E-state index contributed by atoms with van der Waals surface area (Å²) in [6, 6.07) is 25.0. The molecule has 0 spiro atoms. The summed E-state index contributed by atoms with van der Waals surface area (Å²) in [7, 11) is 0. The Labute approximate surface area is 182 Å². The molecule has 152 valence electrons. The zero-order valence-electron chi connectivity index (χ0n) is 17.7. The highest BCUT2D eigenvalue weighted by molar-refractivity contribution is 5.93. The van der Waals surface area contributed by atoms with E-state index in [9.17, 15) is 0 Å². The van der Waals surface area contributed by atoms with Crippen LogP contribution in [0.25, 0.3) is 44.9 Å². The van der Waals surface area contributed by atoms with E-state index in [2.05, 4.69) is 66.3 Å². The summed E-state index contributed by atoms with van der Waals surface area (Å²) in [5.41, 5.74) is 7.16. The second kappa shape index (κ2) is 8.15. The molecule has 1 N–H and O–H groups in total. The van der Waals surface area contributed by atoms with Gasteiger partial charge in [-0.2, -0.15) is 0 Å². The van der Waals surface area contributed by atoms with Gasteiger partial charge in [-0.1, -0.05) is 68.4 Å². The first-order chi connectivity index (χ1) is 15.2. The van der Waals surface area contributed by atoms with Crippen LogP contribution in [0, 0.1) is 0 Å². The molecule has 0 saturated heterocycles. The third-order valence-electron chi connectivity index (χ3n) is 5.89. The van der Waals surface area contributed by atoms with Gasteiger partial charge in [0, 0.05) is 22.7 Å². The highest BCUT2D eigenvalue weighted by Crippen LogP contribution is 2.31. The van der Waals surface area contributed by atoms with Crippen molar-refractivity contribution in [3.63, 3.8) is 0 Å². The Kier molecular flexibility index (Phi) is 5.04. The largest absolute Gasteiger partial charge is 0.338 e. The highest BCUT2D eigenvalue weighted by atomic mass is 14.9. The van der Waals surface area contributed by atoms with Gasteiger partial charge in [0.05, 0.1) is 17.6 Å². The summed E-state index contributed by atoms with van der Waals surface area (Å²) in [5, 5.41) is 0.982. The van der Waals surface area contributed by atoms with E-state index >= 15 is 0 Å². The number of benzene rings is 2. The van der Waals surface area contributed by atoms with Gasteiger partial charge in [-0.15, -0.1) is 0 Å². The molecule has 0 aliphatic heterocycles. The molecule has 3 heterocycles. The van der Waals surface area contributed by atoms with E-state index in [1.807, 2.05) is 36.5 Å².